The molecule has 0 radical (unpaired) electrons. The first-order chi connectivity index (χ1) is 7.65. The number of nitrogens with zero attached hydrogens (tertiary/aromatic N) is 1. The molecule has 1 fully saturated rings. The van der Waals surface area contributed by atoms with Crippen molar-refractivity contribution in [3.05, 3.63) is 0 Å². The fourth-order valence-corrected chi connectivity index (χ4v) is 1.66. The molecule has 0 aromatic rings. The van der Waals surface area contributed by atoms with Crippen molar-refractivity contribution < 1.29 is 4.74 Å². The van der Waals surface area contributed by atoms with Gasteiger partial charge in [0.1, 0.15) is 0 Å². The molecule has 0 aromatic heterocycles. The number of hydrogen-bond donors (Lipinski definition) is 3. The van der Waals surface area contributed by atoms with Crippen molar-refractivity contribution in [3.8, 4) is 0 Å². The number of rotatable bonds is 5. The van der Waals surface area contributed by atoms with Crippen molar-refractivity contribution in [2.75, 3.05) is 13.2 Å². The van der Waals surface area contributed by atoms with E-state index in [0.717, 1.165) is 26.0 Å². The summed E-state index contributed by atoms with van der Waals surface area (Å²) in [6.07, 6.45) is 2.48. The summed E-state index contributed by atoms with van der Waals surface area (Å²) >= 11 is 0. The minimum Gasteiger partial charge on any atom is -0.378 e. The Hall–Kier alpha value is -0.810. The van der Waals surface area contributed by atoms with E-state index in [1.807, 2.05) is 6.92 Å². The summed E-state index contributed by atoms with van der Waals surface area (Å²) in [5.74, 6) is 6.64. The average molecular weight is 228 g/mol. The first-order valence-corrected chi connectivity index (χ1v) is 6.04. The second kappa shape index (κ2) is 6.70. The molecule has 0 unspecified atom stereocenters. The van der Waals surface area contributed by atoms with Crippen LogP contribution in [-0.2, 0) is 4.74 Å². The van der Waals surface area contributed by atoms with E-state index in [1.54, 1.807) is 0 Å². The maximum atomic E-state index is 5.49. The lowest BCUT2D eigenvalue weighted by molar-refractivity contribution is -0.00580. The Morgan fingerprint density at radius 2 is 2.19 bits per heavy atom. The van der Waals surface area contributed by atoms with Crippen LogP contribution in [0.4, 0.5) is 0 Å². The van der Waals surface area contributed by atoms with Crippen LogP contribution in [-0.4, -0.2) is 31.3 Å². The molecule has 0 spiro atoms. The molecule has 4 N–H and O–H groups in total. The summed E-state index contributed by atoms with van der Waals surface area (Å²) < 4.78 is 5.49. The van der Waals surface area contributed by atoms with E-state index in [-0.39, 0.29) is 0 Å². The monoisotopic (exact) mass is 228 g/mol. The standard InChI is InChI=1S/C11H24N4O/c1-4-16-10-5-9(6-10)14-11(15-12)13-7-8(2)3/h8-10H,4-7,12H2,1-3H3,(H2,13,14,15). The van der Waals surface area contributed by atoms with E-state index >= 15 is 0 Å². The summed E-state index contributed by atoms with van der Waals surface area (Å²) in [7, 11) is 0. The molecular weight excluding hydrogens is 204 g/mol. The van der Waals surface area contributed by atoms with Gasteiger partial charge in [-0.3, -0.25) is 10.4 Å². The minimum absolute atomic E-state index is 0.409. The van der Waals surface area contributed by atoms with Gasteiger partial charge in [-0.25, -0.2) is 5.84 Å². The zero-order valence-corrected chi connectivity index (χ0v) is 10.5. The van der Waals surface area contributed by atoms with E-state index in [4.69, 9.17) is 10.6 Å². The number of aliphatic imine (C=N–C) groups is 1. The van der Waals surface area contributed by atoms with Crippen molar-refractivity contribution in [2.45, 2.75) is 45.8 Å². The van der Waals surface area contributed by atoms with Crippen LogP contribution in [0.3, 0.4) is 0 Å². The Labute approximate surface area is 97.8 Å². The van der Waals surface area contributed by atoms with Crippen molar-refractivity contribution in [1.29, 1.82) is 0 Å². The zero-order valence-electron chi connectivity index (χ0n) is 10.5. The van der Waals surface area contributed by atoms with Crippen LogP contribution in [0.25, 0.3) is 0 Å². The molecule has 1 aliphatic carbocycles. The van der Waals surface area contributed by atoms with Crippen molar-refractivity contribution in [1.82, 2.24) is 10.7 Å². The van der Waals surface area contributed by atoms with Gasteiger partial charge in [-0.15, -0.1) is 0 Å². The predicted molar refractivity (Wildman–Crippen MR) is 66.0 cm³/mol. The summed E-state index contributed by atoms with van der Waals surface area (Å²) in [6, 6.07) is 0.443. The second-order valence-electron chi connectivity index (χ2n) is 4.62. The number of nitrogens with two attached hydrogens (primary N) is 1. The maximum Gasteiger partial charge on any atom is 0.205 e. The molecule has 0 saturated heterocycles. The Bertz CT molecular complexity index is 224. The number of nitrogens with one attached hydrogen (secondary N) is 2. The maximum absolute atomic E-state index is 5.49. The molecule has 1 aliphatic rings. The molecule has 0 bridgehead atoms. The van der Waals surface area contributed by atoms with Gasteiger partial charge in [0, 0.05) is 19.2 Å². The Kier molecular flexibility index (Phi) is 5.55. The summed E-state index contributed by atoms with van der Waals surface area (Å²) in [6.45, 7) is 7.87. The highest BCUT2D eigenvalue weighted by molar-refractivity contribution is 5.79. The SMILES string of the molecule is CCOC1CC(NC(=NCC(C)C)NN)C1. The molecule has 1 rings (SSSR count). The number of hydrazine groups is 1. The third kappa shape index (κ3) is 4.37. The van der Waals surface area contributed by atoms with E-state index in [0.29, 0.717) is 24.0 Å². The van der Waals surface area contributed by atoms with Gasteiger partial charge in [0.2, 0.25) is 5.96 Å². The molecule has 16 heavy (non-hydrogen) atoms. The Morgan fingerprint density at radius 1 is 1.50 bits per heavy atom. The smallest absolute Gasteiger partial charge is 0.205 e. The van der Waals surface area contributed by atoms with Crippen molar-refractivity contribution >= 4 is 5.96 Å². The van der Waals surface area contributed by atoms with Gasteiger partial charge in [0.25, 0.3) is 0 Å². The molecule has 1 saturated carbocycles. The highest BCUT2D eigenvalue weighted by Gasteiger charge is 2.29. The lowest BCUT2D eigenvalue weighted by Crippen LogP contribution is -2.53. The lowest BCUT2D eigenvalue weighted by atomic mass is 9.89. The van der Waals surface area contributed by atoms with E-state index in [1.165, 1.54) is 0 Å². The highest BCUT2D eigenvalue weighted by atomic mass is 16.5. The molecule has 5 nitrogen and oxygen atoms in total. The fourth-order valence-electron chi connectivity index (χ4n) is 1.66. The molecule has 5 heteroatoms. The Balaban J connectivity index is 2.22. The number of hydrogen-bond acceptors (Lipinski definition) is 3. The molecule has 94 valence electrons. The van der Waals surface area contributed by atoms with Gasteiger partial charge in [-0.1, -0.05) is 13.8 Å². The third-order valence-electron chi connectivity index (χ3n) is 2.59. The van der Waals surface area contributed by atoms with Gasteiger partial charge < -0.3 is 10.1 Å². The van der Waals surface area contributed by atoms with Crippen LogP contribution >= 0.6 is 0 Å². The quantitative estimate of drug-likeness (QED) is 0.279. The minimum atomic E-state index is 0.409. The number of guanidine groups is 1. The molecule has 0 atom stereocenters. The second-order valence-corrected chi connectivity index (χ2v) is 4.62. The molecule has 0 aliphatic heterocycles. The fraction of sp³-hybridized carbons (Fsp3) is 0.909. The van der Waals surface area contributed by atoms with Crippen LogP contribution in [0.2, 0.25) is 0 Å². The van der Waals surface area contributed by atoms with Gasteiger partial charge in [0.05, 0.1) is 6.10 Å². The summed E-state index contributed by atoms with van der Waals surface area (Å²) in [5, 5.41) is 3.28. The molecular formula is C11H24N4O. The first-order valence-electron chi connectivity index (χ1n) is 6.04. The van der Waals surface area contributed by atoms with Gasteiger partial charge in [0.15, 0.2) is 0 Å². The van der Waals surface area contributed by atoms with Crippen LogP contribution in [0, 0.1) is 5.92 Å². The van der Waals surface area contributed by atoms with Crippen molar-refractivity contribution in [3.63, 3.8) is 0 Å². The van der Waals surface area contributed by atoms with Gasteiger partial charge >= 0.3 is 0 Å². The average Bonchev–Trinajstić information content (AvgIpc) is 2.19. The van der Waals surface area contributed by atoms with Crippen LogP contribution in [0.5, 0.6) is 0 Å². The zero-order chi connectivity index (χ0) is 12.0. The van der Waals surface area contributed by atoms with Gasteiger partial charge in [-0.2, -0.15) is 0 Å². The van der Waals surface area contributed by atoms with E-state index in [2.05, 4.69) is 29.6 Å². The number of ether oxygens (including phenoxy) is 1. The lowest BCUT2D eigenvalue weighted by Gasteiger charge is -2.36. The van der Waals surface area contributed by atoms with Crippen LogP contribution in [0.1, 0.15) is 33.6 Å². The largest absolute Gasteiger partial charge is 0.378 e. The highest BCUT2D eigenvalue weighted by Crippen LogP contribution is 2.22. The third-order valence-corrected chi connectivity index (χ3v) is 2.59. The molecule has 0 heterocycles. The summed E-state index contributed by atoms with van der Waals surface area (Å²) in [5.41, 5.74) is 2.60. The summed E-state index contributed by atoms with van der Waals surface area (Å²) in [4.78, 5) is 4.36. The van der Waals surface area contributed by atoms with Gasteiger partial charge in [-0.05, 0) is 25.7 Å². The van der Waals surface area contributed by atoms with Crippen LogP contribution < -0.4 is 16.6 Å². The van der Waals surface area contributed by atoms with E-state index < -0.39 is 0 Å². The molecule has 0 aromatic carbocycles. The van der Waals surface area contributed by atoms with Crippen LogP contribution in [0.15, 0.2) is 4.99 Å². The topological polar surface area (TPSA) is 71.7 Å². The predicted octanol–water partition coefficient (Wildman–Crippen LogP) is 0.619. The Morgan fingerprint density at radius 3 is 2.69 bits per heavy atom. The first kappa shape index (κ1) is 13.3. The van der Waals surface area contributed by atoms with E-state index in [9.17, 15) is 0 Å². The van der Waals surface area contributed by atoms with Crippen molar-refractivity contribution in [2.24, 2.45) is 16.8 Å². The normalized spacial score (nSPS) is 25.4. The molecule has 0 amide bonds.